The maximum atomic E-state index is 13.4. The van der Waals surface area contributed by atoms with Crippen molar-refractivity contribution in [3.8, 4) is 0 Å². The molecule has 0 aliphatic rings. The number of hydrogen-bond acceptors (Lipinski definition) is 4. The van der Waals surface area contributed by atoms with Crippen LogP contribution in [0.1, 0.15) is 5.56 Å². The molecule has 0 unspecified atom stereocenters. The fourth-order valence-electron chi connectivity index (χ4n) is 1.50. The van der Waals surface area contributed by atoms with E-state index in [-0.39, 0.29) is 16.4 Å². The van der Waals surface area contributed by atoms with Gasteiger partial charge in [0.25, 0.3) is 10.0 Å². The summed E-state index contributed by atoms with van der Waals surface area (Å²) in [6.07, 6.45) is 1.39. The Morgan fingerprint density at radius 2 is 2.05 bits per heavy atom. The van der Waals surface area contributed by atoms with Gasteiger partial charge in [0, 0.05) is 6.20 Å². The summed E-state index contributed by atoms with van der Waals surface area (Å²) >= 11 is 0. The fraction of sp³-hybridized carbons (Fsp3) is 0.0833. The molecule has 2 rings (SSSR count). The number of aryl methyl sites for hydroxylation is 1. The van der Waals surface area contributed by atoms with Crippen LogP contribution in [-0.4, -0.2) is 13.4 Å². The van der Waals surface area contributed by atoms with Crippen LogP contribution in [0.2, 0.25) is 0 Å². The fourth-order valence-corrected chi connectivity index (χ4v) is 2.63. The van der Waals surface area contributed by atoms with Crippen molar-refractivity contribution in [3.63, 3.8) is 0 Å². The quantitative estimate of drug-likeness (QED) is 0.900. The van der Waals surface area contributed by atoms with Crippen LogP contribution in [-0.2, 0) is 10.0 Å². The molecule has 0 fully saturated rings. The highest BCUT2D eigenvalue weighted by Crippen LogP contribution is 2.20. The summed E-state index contributed by atoms with van der Waals surface area (Å²) in [7, 11) is -3.88. The molecule has 0 radical (unpaired) electrons. The van der Waals surface area contributed by atoms with Gasteiger partial charge in [-0.05, 0) is 36.8 Å². The zero-order valence-electron chi connectivity index (χ0n) is 10.1. The molecule has 0 amide bonds. The zero-order chi connectivity index (χ0) is 14.0. The van der Waals surface area contributed by atoms with Gasteiger partial charge in [0.05, 0.1) is 5.69 Å². The second-order valence-electron chi connectivity index (χ2n) is 3.96. The summed E-state index contributed by atoms with van der Waals surface area (Å²) in [6.45, 7) is 1.59. The van der Waals surface area contributed by atoms with Gasteiger partial charge < -0.3 is 5.73 Å². The summed E-state index contributed by atoms with van der Waals surface area (Å²) in [6, 6.07) is 6.86. The molecule has 7 heteroatoms. The van der Waals surface area contributed by atoms with Gasteiger partial charge in [0.15, 0.2) is 0 Å². The summed E-state index contributed by atoms with van der Waals surface area (Å²) in [4.78, 5) is 3.56. The van der Waals surface area contributed by atoms with Crippen LogP contribution in [0.3, 0.4) is 0 Å². The van der Waals surface area contributed by atoms with Crippen molar-refractivity contribution >= 4 is 21.5 Å². The van der Waals surface area contributed by atoms with Crippen LogP contribution >= 0.6 is 0 Å². The molecule has 1 aromatic carbocycles. The number of hydrogen-bond donors (Lipinski definition) is 2. The Balaban J connectivity index is 2.37. The van der Waals surface area contributed by atoms with Gasteiger partial charge in [-0.3, -0.25) is 4.72 Å². The maximum Gasteiger partial charge on any atom is 0.265 e. The number of anilines is 2. The van der Waals surface area contributed by atoms with Crippen molar-refractivity contribution in [2.45, 2.75) is 11.8 Å². The maximum absolute atomic E-state index is 13.4. The Morgan fingerprint density at radius 1 is 1.32 bits per heavy atom. The molecular weight excluding hydrogens is 269 g/mol. The van der Waals surface area contributed by atoms with Crippen LogP contribution in [0.25, 0.3) is 0 Å². The normalized spacial score (nSPS) is 11.3. The van der Waals surface area contributed by atoms with Gasteiger partial charge >= 0.3 is 0 Å². The largest absolute Gasteiger partial charge is 0.383 e. The highest BCUT2D eigenvalue weighted by Gasteiger charge is 2.18. The van der Waals surface area contributed by atoms with Crippen LogP contribution in [0.4, 0.5) is 15.9 Å². The lowest BCUT2D eigenvalue weighted by atomic mass is 10.2. The van der Waals surface area contributed by atoms with E-state index in [2.05, 4.69) is 9.71 Å². The number of nitrogen functional groups attached to an aromatic ring is 1. The van der Waals surface area contributed by atoms with Gasteiger partial charge in [0.2, 0.25) is 0 Å². The molecule has 19 heavy (non-hydrogen) atoms. The molecule has 0 saturated heterocycles. The lowest BCUT2D eigenvalue weighted by molar-refractivity contribution is 0.601. The lowest BCUT2D eigenvalue weighted by Crippen LogP contribution is -2.15. The van der Waals surface area contributed by atoms with Crippen molar-refractivity contribution in [2.24, 2.45) is 0 Å². The van der Waals surface area contributed by atoms with Gasteiger partial charge in [-0.1, -0.05) is 6.07 Å². The summed E-state index contributed by atoms with van der Waals surface area (Å²) < 4.78 is 39.8. The molecule has 0 saturated carbocycles. The number of pyridine rings is 1. The third-order valence-electron chi connectivity index (χ3n) is 2.51. The van der Waals surface area contributed by atoms with E-state index in [1.165, 1.54) is 30.5 Å². The highest BCUT2D eigenvalue weighted by molar-refractivity contribution is 7.92. The number of sulfonamides is 1. The van der Waals surface area contributed by atoms with Gasteiger partial charge in [-0.15, -0.1) is 0 Å². The first-order valence-corrected chi connectivity index (χ1v) is 6.88. The van der Waals surface area contributed by atoms with E-state index in [9.17, 15) is 12.8 Å². The van der Waals surface area contributed by atoms with Crippen LogP contribution in [0.15, 0.2) is 41.4 Å². The number of aromatic nitrogens is 1. The molecule has 100 valence electrons. The van der Waals surface area contributed by atoms with Crippen molar-refractivity contribution < 1.29 is 12.8 Å². The Bertz CT molecular complexity index is 717. The number of halogens is 1. The molecule has 2 aromatic rings. The second-order valence-corrected chi connectivity index (χ2v) is 5.61. The van der Waals surface area contributed by atoms with E-state index in [1.54, 1.807) is 6.92 Å². The van der Waals surface area contributed by atoms with E-state index in [4.69, 9.17) is 5.73 Å². The molecule has 5 nitrogen and oxygen atoms in total. The Hall–Kier alpha value is -2.15. The van der Waals surface area contributed by atoms with E-state index < -0.39 is 15.8 Å². The number of rotatable bonds is 3. The predicted molar refractivity (Wildman–Crippen MR) is 70.6 cm³/mol. The Morgan fingerprint density at radius 3 is 2.68 bits per heavy atom. The standard InChI is InChI=1S/C12H12FN3O2S/c1-8-4-5-9(7-10(8)13)16-19(17,18)11-3-2-6-15-12(11)14/h2-7,16H,1H3,(H2,14,15). The minimum Gasteiger partial charge on any atom is -0.383 e. The molecule has 0 bridgehead atoms. The highest BCUT2D eigenvalue weighted by atomic mass is 32.2. The van der Waals surface area contributed by atoms with Gasteiger partial charge in [-0.2, -0.15) is 0 Å². The minimum atomic E-state index is -3.88. The van der Waals surface area contributed by atoms with E-state index in [0.29, 0.717) is 5.56 Å². The lowest BCUT2D eigenvalue weighted by Gasteiger charge is -2.09. The first-order valence-electron chi connectivity index (χ1n) is 5.39. The summed E-state index contributed by atoms with van der Waals surface area (Å²) in [5.41, 5.74) is 6.07. The Labute approximate surface area is 110 Å². The molecule has 1 aromatic heterocycles. The van der Waals surface area contributed by atoms with E-state index in [1.807, 2.05) is 0 Å². The molecule has 1 heterocycles. The first-order chi connectivity index (χ1) is 8.90. The minimum absolute atomic E-state index is 0.109. The molecule has 0 spiro atoms. The number of nitrogens with two attached hydrogens (primary N) is 1. The monoisotopic (exact) mass is 281 g/mol. The number of benzene rings is 1. The first kappa shape index (κ1) is 13.3. The summed E-state index contributed by atoms with van der Waals surface area (Å²) in [5.74, 6) is -0.595. The second kappa shape index (κ2) is 4.85. The van der Waals surface area contributed by atoms with Crippen molar-refractivity contribution in [2.75, 3.05) is 10.5 Å². The van der Waals surface area contributed by atoms with Crippen LogP contribution < -0.4 is 10.5 Å². The van der Waals surface area contributed by atoms with Crippen molar-refractivity contribution in [3.05, 3.63) is 47.9 Å². The molecular formula is C12H12FN3O2S. The predicted octanol–water partition coefficient (Wildman–Crippen LogP) is 1.91. The SMILES string of the molecule is Cc1ccc(NS(=O)(=O)c2cccnc2N)cc1F. The molecule has 0 aliphatic heterocycles. The Kier molecular flexibility index (Phi) is 3.39. The topological polar surface area (TPSA) is 85.1 Å². The number of nitrogens with zero attached hydrogens (tertiary/aromatic N) is 1. The van der Waals surface area contributed by atoms with Crippen molar-refractivity contribution in [1.82, 2.24) is 4.98 Å². The summed E-state index contributed by atoms with van der Waals surface area (Å²) in [5, 5.41) is 0. The van der Waals surface area contributed by atoms with Crippen LogP contribution in [0.5, 0.6) is 0 Å². The third kappa shape index (κ3) is 2.82. The van der Waals surface area contributed by atoms with Gasteiger partial charge in [0.1, 0.15) is 16.5 Å². The molecule has 0 atom stereocenters. The average molecular weight is 281 g/mol. The smallest absolute Gasteiger partial charge is 0.265 e. The van der Waals surface area contributed by atoms with Gasteiger partial charge in [-0.25, -0.2) is 17.8 Å². The number of nitrogens with one attached hydrogen (secondary N) is 1. The molecule has 3 N–H and O–H groups in total. The van der Waals surface area contributed by atoms with E-state index >= 15 is 0 Å². The molecule has 0 aliphatic carbocycles. The average Bonchev–Trinajstić information content (AvgIpc) is 2.34. The van der Waals surface area contributed by atoms with Crippen molar-refractivity contribution in [1.29, 1.82) is 0 Å². The zero-order valence-corrected chi connectivity index (χ0v) is 10.9. The van der Waals surface area contributed by atoms with Crippen LogP contribution in [0, 0.1) is 12.7 Å². The third-order valence-corrected chi connectivity index (χ3v) is 3.94. The van der Waals surface area contributed by atoms with E-state index in [0.717, 1.165) is 6.07 Å².